The minimum Gasteiger partial charge on any atom is -0.494 e. The van der Waals surface area contributed by atoms with Gasteiger partial charge in [0.15, 0.2) is 11.6 Å². The third-order valence-electron chi connectivity index (χ3n) is 3.85. The summed E-state index contributed by atoms with van der Waals surface area (Å²) in [5.41, 5.74) is 0.822. The molecule has 0 aliphatic carbocycles. The molecule has 1 saturated heterocycles. The van der Waals surface area contributed by atoms with E-state index in [1.165, 1.54) is 13.2 Å². The molecular weight excluding hydrogens is 287 g/mol. The van der Waals surface area contributed by atoms with Crippen molar-refractivity contribution in [1.82, 2.24) is 10.2 Å². The van der Waals surface area contributed by atoms with Crippen LogP contribution in [0.2, 0.25) is 0 Å². The largest absolute Gasteiger partial charge is 0.494 e. The second-order valence-corrected chi connectivity index (χ2v) is 5.49. The summed E-state index contributed by atoms with van der Waals surface area (Å²) in [5, 5.41) is 2.75. The van der Waals surface area contributed by atoms with E-state index >= 15 is 0 Å². The number of hydrogen-bond donors (Lipinski definition) is 1. The lowest BCUT2D eigenvalue weighted by atomic mass is 10.1. The molecule has 1 aromatic carbocycles. The number of likely N-dealkylation sites (N-methyl/N-ethyl adjacent to an activating group) is 1. The lowest BCUT2D eigenvalue weighted by molar-refractivity contribution is -0.131. The second kappa shape index (κ2) is 7.24. The number of rotatable bonds is 6. The van der Waals surface area contributed by atoms with Gasteiger partial charge >= 0.3 is 0 Å². The Balaban J connectivity index is 1.75. The highest BCUT2D eigenvalue weighted by atomic mass is 19.1. The monoisotopic (exact) mass is 308 g/mol. The van der Waals surface area contributed by atoms with Crippen molar-refractivity contribution in [3.63, 3.8) is 0 Å². The van der Waals surface area contributed by atoms with E-state index in [9.17, 15) is 14.0 Å². The molecule has 0 saturated carbocycles. The molecule has 1 aliphatic heterocycles. The number of carbonyl (C=O) groups excluding carboxylic acids is 2. The second-order valence-electron chi connectivity index (χ2n) is 5.49. The molecule has 2 rings (SSSR count). The zero-order chi connectivity index (χ0) is 16.1. The molecule has 5 nitrogen and oxygen atoms in total. The summed E-state index contributed by atoms with van der Waals surface area (Å²) in [5.74, 6) is -0.359. The molecule has 1 fully saturated rings. The number of likely N-dealkylation sites (tertiary alicyclic amines) is 1. The Kier molecular flexibility index (Phi) is 5.35. The summed E-state index contributed by atoms with van der Waals surface area (Å²) < 4.78 is 18.4. The molecule has 1 N–H and O–H groups in total. The van der Waals surface area contributed by atoms with Gasteiger partial charge in [-0.15, -0.1) is 0 Å². The van der Waals surface area contributed by atoms with Gasteiger partial charge in [0.1, 0.15) is 6.04 Å². The Morgan fingerprint density at radius 3 is 2.86 bits per heavy atom. The summed E-state index contributed by atoms with van der Waals surface area (Å²) in [6.07, 6.45) is 2.19. The molecule has 0 radical (unpaired) electrons. The van der Waals surface area contributed by atoms with Gasteiger partial charge < -0.3 is 15.0 Å². The SMILES string of the molecule is COc1ccc(CCCC(=O)N[C@@H]2CCN(C)C2=O)cc1F. The third-order valence-corrected chi connectivity index (χ3v) is 3.85. The maximum atomic E-state index is 13.5. The molecular formula is C16H21FN2O3. The number of nitrogens with zero attached hydrogens (tertiary/aromatic N) is 1. The molecule has 0 bridgehead atoms. The molecule has 120 valence electrons. The molecule has 0 unspecified atom stereocenters. The lowest BCUT2D eigenvalue weighted by Gasteiger charge is -2.12. The van der Waals surface area contributed by atoms with Crippen LogP contribution in [0.5, 0.6) is 5.75 Å². The number of amides is 2. The van der Waals surface area contributed by atoms with Gasteiger partial charge in [-0.3, -0.25) is 9.59 Å². The molecule has 2 amide bonds. The first-order valence-electron chi connectivity index (χ1n) is 7.38. The maximum absolute atomic E-state index is 13.5. The number of nitrogens with one attached hydrogen (secondary N) is 1. The predicted octanol–water partition coefficient (Wildman–Crippen LogP) is 1.50. The highest BCUT2D eigenvalue weighted by molar-refractivity contribution is 5.88. The van der Waals surface area contributed by atoms with Crippen LogP contribution in [0.3, 0.4) is 0 Å². The summed E-state index contributed by atoms with van der Waals surface area (Å²) >= 11 is 0. The van der Waals surface area contributed by atoms with Crippen molar-refractivity contribution < 1.29 is 18.7 Å². The highest BCUT2D eigenvalue weighted by Gasteiger charge is 2.29. The van der Waals surface area contributed by atoms with Crippen LogP contribution in [0.15, 0.2) is 18.2 Å². The van der Waals surface area contributed by atoms with E-state index in [2.05, 4.69) is 5.32 Å². The standard InChI is InChI=1S/C16H21FN2O3/c1-19-9-8-13(16(19)21)18-15(20)5-3-4-11-6-7-14(22-2)12(17)10-11/h6-7,10,13H,3-5,8-9H2,1-2H3,(H,18,20)/t13-/m1/s1. The number of aryl methyl sites for hydroxylation is 1. The summed E-state index contributed by atoms with van der Waals surface area (Å²) in [4.78, 5) is 25.1. The van der Waals surface area contributed by atoms with E-state index < -0.39 is 11.9 Å². The van der Waals surface area contributed by atoms with Crippen molar-refractivity contribution in [2.24, 2.45) is 0 Å². The van der Waals surface area contributed by atoms with Crippen LogP contribution in [0.4, 0.5) is 4.39 Å². The minimum absolute atomic E-state index is 0.0365. The van der Waals surface area contributed by atoms with Gasteiger partial charge in [-0.05, 0) is 37.0 Å². The Morgan fingerprint density at radius 2 is 2.27 bits per heavy atom. The maximum Gasteiger partial charge on any atom is 0.244 e. The quantitative estimate of drug-likeness (QED) is 0.866. The smallest absolute Gasteiger partial charge is 0.244 e. The fraction of sp³-hybridized carbons (Fsp3) is 0.500. The first kappa shape index (κ1) is 16.3. The Hall–Kier alpha value is -2.11. The normalized spacial score (nSPS) is 17.7. The zero-order valence-corrected chi connectivity index (χ0v) is 12.9. The fourth-order valence-electron chi connectivity index (χ4n) is 2.54. The van der Waals surface area contributed by atoms with Crippen molar-refractivity contribution in [3.05, 3.63) is 29.6 Å². The molecule has 22 heavy (non-hydrogen) atoms. The molecule has 0 spiro atoms. The molecule has 1 atom stereocenters. The van der Waals surface area contributed by atoms with E-state index in [1.807, 2.05) is 0 Å². The van der Waals surface area contributed by atoms with Gasteiger partial charge in [-0.25, -0.2) is 4.39 Å². The third kappa shape index (κ3) is 3.96. The molecule has 1 heterocycles. The van der Waals surface area contributed by atoms with Crippen LogP contribution in [0.1, 0.15) is 24.8 Å². The van der Waals surface area contributed by atoms with Crippen LogP contribution in [-0.4, -0.2) is 43.5 Å². The van der Waals surface area contributed by atoms with Crippen LogP contribution in [0, 0.1) is 5.82 Å². The lowest BCUT2D eigenvalue weighted by Crippen LogP contribution is -2.40. The number of hydrogen-bond acceptors (Lipinski definition) is 3. The predicted molar refractivity (Wildman–Crippen MR) is 80.1 cm³/mol. The minimum atomic E-state index is -0.399. The average Bonchev–Trinajstić information content (AvgIpc) is 2.79. The number of halogens is 1. The van der Waals surface area contributed by atoms with Gasteiger partial charge in [0.2, 0.25) is 11.8 Å². The zero-order valence-electron chi connectivity index (χ0n) is 12.9. The van der Waals surface area contributed by atoms with Gasteiger partial charge in [-0.1, -0.05) is 6.07 Å². The average molecular weight is 308 g/mol. The van der Waals surface area contributed by atoms with Crippen molar-refractivity contribution in [1.29, 1.82) is 0 Å². The van der Waals surface area contributed by atoms with E-state index in [1.54, 1.807) is 24.1 Å². The van der Waals surface area contributed by atoms with Gasteiger partial charge in [0.25, 0.3) is 0 Å². The summed E-state index contributed by atoms with van der Waals surface area (Å²) in [6.45, 7) is 0.676. The topological polar surface area (TPSA) is 58.6 Å². The van der Waals surface area contributed by atoms with Crippen molar-refractivity contribution in [3.8, 4) is 5.75 Å². The van der Waals surface area contributed by atoms with Gasteiger partial charge in [-0.2, -0.15) is 0 Å². The number of benzene rings is 1. The van der Waals surface area contributed by atoms with Crippen LogP contribution in [0.25, 0.3) is 0 Å². The van der Waals surface area contributed by atoms with Crippen LogP contribution < -0.4 is 10.1 Å². The van der Waals surface area contributed by atoms with E-state index in [4.69, 9.17) is 4.74 Å². The Labute approximate surface area is 129 Å². The summed E-state index contributed by atoms with van der Waals surface area (Å²) in [6, 6.07) is 4.40. The van der Waals surface area contributed by atoms with Crippen molar-refractivity contribution >= 4 is 11.8 Å². The molecule has 1 aromatic rings. The number of carbonyl (C=O) groups is 2. The molecule has 0 aromatic heterocycles. The van der Waals surface area contributed by atoms with Gasteiger partial charge in [0.05, 0.1) is 7.11 Å². The van der Waals surface area contributed by atoms with Crippen molar-refractivity contribution in [2.75, 3.05) is 20.7 Å². The summed E-state index contributed by atoms with van der Waals surface area (Å²) in [7, 11) is 3.15. The molecule has 6 heteroatoms. The van der Waals surface area contributed by atoms with E-state index in [0.29, 0.717) is 32.2 Å². The number of methoxy groups -OCH3 is 1. The first-order chi connectivity index (χ1) is 10.5. The first-order valence-corrected chi connectivity index (χ1v) is 7.38. The molecule has 1 aliphatic rings. The highest BCUT2D eigenvalue weighted by Crippen LogP contribution is 2.18. The Morgan fingerprint density at radius 1 is 1.50 bits per heavy atom. The number of ether oxygens (including phenoxy) is 1. The van der Waals surface area contributed by atoms with Crippen LogP contribution >= 0.6 is 0 Å². The van der Waals surface area contributed by atoms with E-state index in [-0.39, 0.29) is 17.6 Å². The van der Waals surface area contributed by atoms with E-state index in [0.717, 1.165) is 5.56 Å². The Bertz CT molecular complexity index is 562. The van der Waals surface area contributed by atoms with Crippen LogP contribution in [-0.2, 0) is 16.0 Å². The fourth-order valence-corrected chi connectivity index (χ4v) is 2.54. The van der Waals surface area contributed by atoms with Crippen molar-refractivity contribution in [2.45, 2.75) is 31.7 Å². The van der Waals surface area contributed by atoms with Gasteiger partial charge in [0, 0.05) is 20.0 Å².